The van der Waals surface area contributed by atoms with Crippen molar-refractivity contribution >= 4 is 29.2 Å². The van der Waals surface area contributed by atoms with E-state index in [1.165, 1.54) is 4.40 Å². The molecule has 0 radical (unpaired) electrons. The van der Waals surface area contributed by atoms with E-state index >= 15 is 0 Å². The molecule has 0 spiro atoms. The molecule has 0 aliphatic rings. The molecule has 0 unspecified atom stereocenters. The molecular weight excluding hydrogens is 282 g/mol. The Bertz CT molecular complexity index is 737. The predicted octanol–water partition coefficient (Wildman–Crippen LogP) is 2.30. The summed E-state index contributed by atoms with van der Waals surface area (Å²) in [6.07, 6.45) is 1.54. The lowest BCUT2D eigenvalue weighted by molar-refractivity contribution is 0.250. The molecule has 102 valence electrons. The molecule has 0 aliphatic carbocycles. The first kappa shape index (κ1) is 12.5. The Hall–Kier alpha value is -2.54. The van der Waals surface area contributed by atoms with Crippen molar-refractivity contribution in [3.8, 4) is 0 Å². The minimum atomic E-state index is -0.421. The molecule has 2 N–H and O–H groups in total. The van der Waals surface area contributed by atoms with Crippen molar-refractivity contribution in [2.24, 2.45) is 0 Å². The molecule has 3 aromatic rings. The SMILES string of the molecule is O=C(NCc1ccco1)Nc1nnc2cccc(Cl)n12. The molecule has 0 atom stereocenters. The van der Waals surface area contributed by atoms with E-state index in [1.54, 1.807) is 36.6 Å². The second-order valence-electron chi connectivity index (χ2n) is 3.95. The van der Waals surface area contributed by atoms with E-state index in [9.17, 15) is 4.79 Å². The highest BCUT2D eigenvalue weighted by atomic mass is 35.5. The Labute approximate surface area is 118 Å². The molecule has 3 rings (SSSR count). The van der Waals surface area contributed by atoms with Gasteiger partial charge in [-0.15, -0.1) is 10.2 Å². The lowest BCUT2D eigenvalue weighted by Gasteiger charge is -2.05. The van der Waals surface area contributed by atoms with Crippen molar-refractivity contribution in [2.45, 2.75) is 6.54 Å². The van der Waals surface area contributed by atoms with Crippen LogP contribution < -0.4 is 10.6 Å². The number of urea groups is 1. The predicted molar refractivity (Wildman–Crippen MR) is 72.6 cm³/mol. The fraction of sp³-hybridized carbons (Fsp3) is 0.0833. The Morgan fingerprint density at radius 2 is 2.20 bits per heavy atom. The van der Waals surface area contributed by atoms with Gasteiger partial charge in [0, 0.05) is 0 Å². The van der Waals surface area contributed by atoms with Crippen LogP contribution in [0.4, 0.5) is 10.7 Å². The molecule has 20 heavy (non-hydrogen) atoms. The van der Waals surface area contributed by atoms with Crippen LogP contribution in [0.2, 0.25) is 5.15 Å². The zero-order valence-corrected chi connectivity index (χ0v) is 11.0. The lowest BCUT2D eigenvalue weighted by Crippen LogP contribution is -2.28. The molecule has 7 nitrogen and oxygen atoms in total. The van der Waals surface area contributed by atoms with Crippen LogP contribution in [-0.4, -0.2) is 20.6 Å². The topological polar surface area (TPSA) is 84.5 Å². The largest absolute Gasteiger partial charge is 0.467 e. The standard InChI is InChI=1S/C12H10ClN5O2/c13-9-4-1-5-10-16-17-11(18(9)10)15-12(19)14-7-8-3-2-6-20-8/h1-6H,7H2,(H2,14,15,17,19). The van der Waals surface area contributed by atoms with Crippen LogP contribution in [-0.2, 0) is 6.54 Å². The highest BCUT2D eigenvalue weighted by Gasteiger charge is 2.11. The number of anilines is 1. The highest BCUT2D eigenvalue weighted by Crippen LogP contribution is 2.16. The van der Waals surface area contributed by atoms with Crippen LogP contribution in [0.25, 0.3) is 5.65 Å². The number of nitrogens with zero attached hydrogens (tertiary/aromatic N) is 3. The molecule has 3 heterocycles. The van der Waals surface area contributed by atoms with E-state index in [2.05, 4.69) is 20.8 Å². The Kier molecular flexibility index (Phi) is 3.26. The monoisotopic (exact) mass is 291 g/mol. The zero-order chi connectivity index (χ0) is 13.9. The normalized spacial score (nSPS) is 10.7. The Balaban J connectivity index is 1.71. The van der Waals surface area contributed by atoms with Crippen molar-refractivity contribution < 1.29 is 9.21 Å². The Morgan fingerprint density at radius 3 is 3.00 bits per heavy atom. The van der Waals surface area contributed by atoms with Crippen LogP contribution in [0.3, 0.4) is 0 Å². The van der Waals surface area contributed by atoms with Gasteiger partial charge in [0.15, 0.2) is 5.65 Å². The van der Waals surface area contributed by atoms with E-state index in [0.717, 1.165) is 0 Å². The van der Waals surface area contributed by atoms with Crippen molar-refractivity contribution in [3.63, 3.8) is 0 Å². The molecule has 3 aromatic heterocycles. The summed E-state index contributed by atoms with van der Waals surface area (Å²) in [7, 11) is 0. The summed E-state index contributed by atoms with van der Waals surface area (Å²) < 4.78 is 6.65. The van der Waals surface area contributed by atoms with Gasteiger partial charge in [-0.3, -0.25) is 9.72 Å². The second-order valence-corrected chi connectivity index (χ2v) is 4.34. The van der Waals surface area contributed by atoms with Gasteiger partial charge >= 0.3 is 6.03 Å². The van der Waals surface area contributed by atoms with Crippen molar-refractivity contribution in [1.82, 2.24) is 19.9 Å². The number of nitrogens with one attached hydrogen (secondary N) is 2. The molecule has 0 saturated carbocycles. The molecule has 0 bridgehead atoms. The summed E-state index contributed by atoms with van der Waals surface area (Å²) >= 11 is 6.04. The number of hydrogen-bond acceptors (Lipinski definition) is 4. The molecule has 8 heteroatoms. The van der Waals surface area contributed by atoms with Gasteiger partial charge in [-0.1, -0.05) is 17.7 Å². The number of carbonyl (C=O) groups excluding carboxylic acids is 1. The average molecular weight is 292 g/mol. The molecule has 0 aliphatic heterocycles. The van der Waals surface area contributed by atoms with Crippen LogP contribution in [0, 0.1) is 0 Å². The third kappa shape index (κ3) is 2.43. The Morgan fingerprint density at radius 1 is 1.30 bits per heavy atom. The van der Waals surface area contributed by atoms with Gasteiger partial charge in [0.1, 0.15) is 10.9 Å². The number of rotatable bonds is 3. The first-order valence-electron chi connectivity index (χ1n) is 5.81. The maximum absolute atomic E-state index is 11.8. The number of amides is 2. The third-order valence-corrected chi connectivity index (χ3v) is 2.90. The summed E-state index contributed by atoms with van der Waals surface area (Å²) in [6.45, 7) is 0.281. The first-order valence-corrected chi connectivity index (χ1v) is 6.19. The number of furan rings is 1. The summed E-state index contributed by atoms with van der Waals surface area (Å²) in [5.74, 6) is 0.909. The van der Waals surface area contributed by atoms with E-state index < -0.39 is 6.03 Å². The van der Waals surface area contributed by atoms with Crippen LogP contribution in [0.15, 0.2) is 41.0 Å². The van der Waals surface area contributed by atoms with Crippen molar-refractivity contribution in [2.75, 3.05) is 5.32 Å². The maximum atomic E-state index is 11.8. The highest BCUT2D eigenvalue weighted by molar-refractivity contribution is 6.29. The van der Waals surface area contributed by atoms with E-state index in [1.807, 2.05) is 0 Å². The minimum Gasteiger partial charge on any atom is -0.467 e. The number of carbonyl (C=O) groups is 1. The van der Waals surface area contributed by atoms with Crippen LogP contribution >= 0.6 is 11.6 Å². The quantitative estimate of drug-likeness (QED) is 0.725. The maximum Gasteiger partial charge on any atom is 0.322 e. The number of halogens is 1. The van der Waals surface area contributed by atoms with Gasteiger partial charge in [-0.2, -0.15) is 0 Å². The van der Waals surface area contributed by atoms with Gasteiger partial charge < -0.3 is 9.73 Å². The van der Waals surface area contributed by atoms with E-state index in [0.29, 0.717) is 16.6 Å². The average Bonchev–Trinajstić information content (AvgIpc) is 3.07. The second kappa shape index (κ2) is 5.22. The van der Waals surface area contributed by atoms with Crippen molar-refractivity contribution in [1.29, 1.82) is 0 Å². The summed E-state index contributed by atoms with van der Waals surface area (Å²) in [4.78, 5) is 11.8. The summed E-state index contributed by atoms with van der Waals surface area (Å²) in [6, 6.07) is 8.28. The number of hydrogen-bond donors (Lipinski definition) is 2. The fourth-order valence-corrected chi connectivity index (χ4v) is 1.95. The van der Waals surface area contributed by atoms with Gasteiger partial charge in [0.25, 0.3) is 0 Å². The van der Waals surface area contributed by atoms with Crippen LogP contribution in [0.1, 0.15) is 5.76 Å². The number of pyridine rings is 1. The zero-order valence-electron chi connectivity index (χ0n) is 10.2. The van der Waals surface area contributed by atoms with E-state index in [-0.39, 0.29) is 12.5 Å². The molecule has 0 fully saturated rings. The fourth-order valence-electron chi connectivity index (χ4n) is 1.71. The van der Waals surface area contributed by atoms with Gasteiger partial charge in [0.2, 0.25) is 5.95 Å². The van der Waals surface area contributed by atoms with Crippen LogP contribution in [0.5, 0.6) is 0 Å². The molecular formula is C12H10ClN5O2. The minimum absolute atomic E-state index is 0.252. The lowest BCUT2D eigenvalue weighted by atomic mass is 10.4. The third-order valence-electron chi connectivity index (χ3n) is 2.61. The summed E-state index contributed by atoms with van der Waals surface area (Å²) in [5.41, 5.74) is 0.554. The first-order chi connectivity index (χ1) is 9.74. The molecule has 0 aromatic carbocycles. The summed E-state index contributed by atoms with van der Waals surface area (Å²) in [5, 5.41) is 13.4. The molecule has 0 saturated heterocycles. The van der Waals surface area contributed by atoms with E-state index in [4.69, 9.17) is 16.0 Å². The number of aromatic nitrogens is 3. The van der Waals surface area contributed by atoms with Gasteiger partial charge in [-0.05, 0) is 24.3 Å². The van der Waals surface area contributed by atoms with Gasteiger partial charge in [0.05, 0.1) is 12.8 Å². The van der Waals surface area contributed by atoms with Gasteiger partial charge in [-0.25, -0.2) is 4.79 Å². The van der Waals surface area contributed by atoms with Crippen molar-refractivity contribution in [3.05, 3.63) is 47.5 Å². The molecule has 2 amide bonds. The smallest absolute Gasteiger partial charge is 0.322 e. The number of fused-ring (bicyclic) bond motifs is 1.